The summed E-state index contributed by atoms with van der Waals surface area (Å²) < 4.78 is 11.5. The molecule has 15 heteroatoms. The summed E-state index contributed by atoms with van der Waals surface area (Å²) in [5.74, 6) is -1.34. The minimum absolute atomic E-state index is 0.0178. The molecule has 0 saturated heterocycles. The summed E-state index contributed by atoms with van der Waals surface area (Å²) in [5.41, 5.74) is 4.17. The average Bonchev–Trinajstić information content (AvgIpc) is 3.20. The van der Waals surface area contributed by atoms with Gasteiger partial charge in [0.1, 0.15) is 6.61 Å². The Morgan fingerprint density at radius 2 is 0.967 bits per heavy atom. The zero-order valence-electron chi connectivity index (χ0n) is 36.3. The number of aryl methyl sites for hydroxylation is 3. The number of carbonyl (C=O) groups is 4. The number of hydrogen-bond acceptors (Lipinski definition) is 8. The Hall–Kier alpha value is -6.25. The van der Waals surface area contributed by atoms with Gasteiger partial charge in [-0.05, 0) is 59.4 Å². The van der Waals surface area contributed by atoms with E-state index in [1.54, 1.807) is 44.5 Å². The second kappa shape index (κ2) is 20.6. The first-order chi connectivity index (χ1) is 28.3. The van der Waals surface area contributed by atoms with Crippen LogP contribution in [0.2, 0.25) is 0 Å². The van der Waals surface area contributed by atoms with E-state index in [-0.39, 0.29) is 105 Å². The first-order valence-electron chi connectivity index (χ1n) is 20.1. The van der Waals surface area contributed by atoms with Gasteiger partial charge in [-0.3, -0.25) is 33.6 Å². The van der Waals surface area contributed by atoms with E-state index >= 15 is 0 Å². The van der Waals surface area contributed by atoms with Gasteiger partial charge in [0.2, 0.25) is 29.1 Å². The normalized spacial score (nSPS) is 11.2. The van der Waals surface area contributed by atoms with Crippen LogP contribution in [-0.2, 0) is 66.6 Å². The molecule has 0 unspecified atom stereocenters. The first kappa shape index (κ1) is 46.4. The van der Waals surface area contributed by atoms with Crippen LogP contribution in [0.4, 0.5) is 0 Å². The highest BCUT2D eigenvalue weighted by molar-refractivity contribution is 5.79. The van der Waals surface area contributed by atoms with Gasteiger partial charge >= 0.3 is 0 Å². The van der Waals surface area contributed by atoms with E-state index in [9.17, 15) is 33.6 Å². The molecule has 0 saturated carbocycles. The quantitative estimate of drug-likeness (QED) is 0.111. The van der Waals surface area contributed by atoms with Crippen LogP contribution in [0.5, 0.6) is 5.75 Å². The molecule has 3 aromatic heterocycles. The summed E-state index contributed by atoms with van der Waals surface area (Å²) in [4.78, 5) is 91.1. The van der Waals surface area contributed by atoms with Crippen molar-refractivity contribution in [3.63, 3.8) is 0 Å². The summed E-state index contributed by atoms with van der Waals surface area (Å²) in [7, 11) is 5.42. The van der Waals surface area contributed by atoms with Crippen LogP contribution in [0.15, 0.2) is 62.9 Å². The Morgan fingerprint density at radius 3 is 1.38 bits per heavy atom. The lowest BCUT2D eigenvalue weighted by Gasteiger charge is -2.35. The van der Waals surface area contributed by atoms with Gasteiger partial charge in [0, 0.05) is 111 Å². The maximum absolute atomic E-state index is 13.6. The highest BCUT2D eigenvalue weighted by Gasteiger charge is 2.33. The van der Waals surface area contributed by atoms with Crippen LogP contribution in [0.25, 0.3) is 0 Å². The van der Waals surface area contributed by atoms with E-state index < -0.39 is 11.4 Å². The maximum atomic E-state index is 13.6. The van der Waals surface area contributed by atoms with Gasteiger partial charge < -0.3 is 39.7 Å². The fraction of sp³-hybridized carbons (Fsp3) is 0.444. The summed E-state index contributed by atoms with van der Waals surface area (Å²) in [6.07, 6.45) is 0.0831. The molecule has 0 spiro atoms. The van der Waals surface area contributed by atoms with Gasteiger partial charge in [-0.25, -0.2) is 0 Å². The van der Waals surface area contributed by atoms with Gasteiger partial charge in [0.15, 0.2) is 16.6 Å². The monoisotopic (exact) mass is 825 g/mol. The molecule has 4 amide bonds. The van der Waals surface area contributed by atoms with Crippen LogP contribution >= 0.6 is 0 Å². The molecule has 0 bridgehead atoms. The second-order valence-corrected chi connectivity index (χ2v) is 15.6. The highest BCUT2D eigenvalue weighted by atomic mass is 16.5. The number of amides is 4. The van der Waals surface area contributed by atoms with Gasteiger partial charge in [-0.2, -0.15) is 0 Å². The molecule has 0 fully saturated rings. The zero-order valence-corrected chi connectivity index (χ0v) is 36.3. The van der Waals surface area contributed by atoms with Crippen LogP contribution in [0.3, 0.4) is 0 Å². The van der Waals surface area contributed by atoms with Gasteiger partial charge in [0.05, 0.1) is 25.3 Å². The van der Waals surface area contributed by atoms with Gasteiger partial charge in [-0.15, -0.1) is 0 Å². The van der Waals surface area contributed by atoms with Crippen molar-refractivity contribution in [3.05, 3.63) is 130 Å². The third-order valence-electron chi connectivity index (χ3n) is 11.4. The molecule has 15 nitrogen and oxygen atoms in total. The molecule has 0 aliphatic carbocycles. The molecular formula is C45H59N7O8. The number of rotatable bonds is 19. The van der Waals surface area contributed by atoms with Crippen molar-refractivity contribution in [2.45, 2.75) is 112 Å². The number of nitrogens with zero attached hydrogens (tertiary/aromatic N) is 3. The van der Waals surface area contributed by atoms with Gasteiger partial charge in [0.25, 0.3) is 0 Å². The predicted molar refractivity (Wildman–Crippen MR) is 229 cm³/mol. The molecule has 60 heavy (non-hydrogen) atoms. The molecule has 0 radical (unpaired) electrons. The number of nitrogens with one attached hydrogen (secondary N) is 4. The fourth-order valence-corrected chi connectivity index (χ4v) is 7.25. The summed E-state index contributed by atoms with van der Waals surface area (Å²) >= 11 is 0. The van der Waals surface area contributed by atoms with E-state index in [1.807, 2.05) is 67.4 Å². The Bertz CT molecular complexity index is 2320. The average molecular weight is 826 g/mol. The third-order valence-corrected chi connectivity index (χ3v) is 11.4. The minimum Gasteiger partial charge on any atom is -0.483 e. The van der Waals surface area contributed by atoms with Crippen molar-refractivity contribution in [1.82, 2.24) is 35.0 Å². The van der Waals surface area contributed by atoms with Crippen LogP contribution in [0, 0.1) is 34.6 Å². The molecule has 322 valence electrons. The van der Waals surface area contributed by atoms with Crippen molar-refractivity contribution in [1.29, 1.82) is 0 Å². The van der Waals surface area contributed by atoms with E-state index in [4.69, 9.17) is 4.74 Å². The van der Waals surface area contributed by atoms with Crippen molar-refractivity contribution in [3.8, 4) is 5.75 Å². The Balaban J connectivity index is 1.52. The molecule has 0 atom stereocenters. The predicted octanol–water partition coefficient (Wildman–Crippen LogP) is 3.37. The second-order valence-electron chi connectivity index (χ2n) is 15.6. The van der Waals surface area contributed by atoms with Crippen LogP contribution in [-0.4, -0.2) is 42.9 Å². The van der Waals surface area contributed by atoms with Crippen molar-refractivity contribution >= 4 is 23.6 Å². The molecule has 0 aliphatic heterocycles. The third kappa shape index (κ3) is 12.1. The van der Waals surface area contributed by atoms with Crippen molar-refractivity contribution in [2.75, 3.05) is 0 Å². The first-order valence-corrected chi connectivity index (χ1v) is 20.1. The topological polar surface area (TPSA) is 192 Å². The lowest BCUT2D eigenvalue weighted by atomic mass is 9.83. The Labute approximate surface area is 350 Å². The lowest BCUT2D eigenvalue weighted by molar-refractivity contribution is -0.126. The van der Waals surface area contributed by atoms with Crippen LogP contribution in [0.1, 0.15) is 96.3 Å². The van der Waals surface area contributed by atoms with E-state index in [1.165, 1.54) is 13.0 Å². The summed E-state index contributed by atoms with van der Waals surface area (Å²) in [6.45, 7) is 10.5. The molecule has 4 aromatic rings. The van der Waals surface area contributed by atoms with E-state index in [0.29, 0.717) is 33.9 Å². The fourth-order valence-electron chi connectivity index (χ4n) is 7.25. The van der Waals surface area contributed by atoms with Crippen molar-refractivity contribution < 1.29 is 23.9 Å². The Morgan fingerprint density at radius 1 is 0.583 bits per heavy atom. The molecule has 3 heterocycles. The van der Waals surface area contributed by atoms with E-state index in [2.05, 4.69) is 21.3 Å². The summed E-state index contributed by atoms with van der Waals surface area (Å²) in [5, 5.41) is 11.7. The SMILES string of the molecule is CC(=O)NC(CCC(=O)NCc1c(C)c(=O)cc(C)n1C)(CCC(=O)NCc1c(C)c(=O)cc(C)n1C)CCC(=O)NCc1c(OCc2ccccc2)c(=O)cc(C)n1C. The smallest absolute Gasteiger partial charge is 0.224 e. The molecule has 4 rings (SSSR count). The standard InChI is InChI=1S/C45H59N7O8/c1-28-21-38(54)31(4)35(50(28)7)24-46-41(57)15-18-45(49-33(6)53,19-16-42(58)47-25-36-32(5)39(55)22-29(2)51(36)8)20-17-43(59)48-26-37-44(40(56)23-30(3)52(37)9)60-27-34-13-11-10-12-14-34/h10-14,21-23H,15-20,24-27H2,1-9H3,(H,46,57)(H,47,58)(H,48,59)(H,49,53). The molecule has 4 N–H and O–H groups in total. The van der Waals surface area contributed by atoms with Gasteiger partial charge in [-0.1, -0.05) is 30.3 Å². The molecule has 0 aliphatic rings. The minimum atomic E-state index is -1.16. The molecule has 1 aromatic carbocycles. The number of ether oxygens (including phenoxy) is 1. The highest BCUT2D eigenvalue weighted by Crippen LogP contribution is 2.27. The lowest BCUT2D eigenvalue weighted by Crippen LogP contribution is -2.49. The number of aromatic nitrogens is 3. The largest absolute Gasteiger partial charge is 0.483 e. The number of benzene rings is 1. The number of hydrogen-bond donors (Lipinski definition) is 4. The summed E-state index contributed by atoms with van der Waals surface area (Å²) in [6, 6.07) is 14.0. The maximum Gasteiger partial charge on any atom is 0.224 e. The zero-order chi connectivity index (χ0) is 44.3. The molecular weight excluding hydrogens is 767 g/mol. The van der Waals surface area contributed by atoms with Crippen molar-refractivity contribution in [2.24, 2.45) is 21.1 Å². The van der Waals surface area contributed by atoms with E-state index in [0.717, 1.165) is 17.0 Å². The number of pyridine rings is 3. The Kier molecular flexibility index (Phi) is 16.0. The number of carbonyl (C=O) groups excluding carboxylic acids is 4. The van der Waals surface area contributed by atoms with Crippen LogP contribution < -0.4 is 42.3 Å².